The number of nitrogens with zero attached hydrogens (tertiary/aromatic N) is 6. The summed E-state index contributed by atoms with van der Waals surface area (Å²) in [5.41, 5.74) is 1.82. The van der Waals surface area contributed by atoms with Gasteiger partial charge in [0.15, 0.2) is 0 Å². The molecule has 0 aliphatic rings. The Bertz CT molecular complexity index is 827. The largest absolute Gasteiger partial charge is 0.490 e. The van der Waals surface area contributed by atoms with E-state index in [1.165, 1.54) is 0 Å². The van der Waals surface area contributed by atoms with Gasteiger partial charge in [0.05, 0.1) is 17.4 Å². The first-order valence-electron chi connectivity index (χ1n) is 5.68. The van der Waals surface area contributed by atoms with Crippen molar-refractivity contribution in [1.29, 1.82) is 0 Å². The molecule has 1 aromatic carbocycles. The third-order valence-electron chi connectivity index (χ3n) is 2.55. The van der Waals surface area contributed by atoms with Gasteiger partial charge < -0.3 is 15.4 Å². The van der Waals surface area contributed by atoms with Crippen molar-refractivity contribution in [2.45, 2.75) is 6.54 Å². The van der Waals surface area contributed by atoms with E-state index in [1.54, 1.807) is 18.2 Å². The van der Waals surface area contributed by atoms with Gasteiger partial charge in [-0.25, -0.2) is 0 Å². The van der Waals surface area contributed by atoms with Crippen LogP contribution in [0.5, 0.6) is 0 Å². The second kappa shape index (κ2) is 5.20. The second-order valence-corrected chi connectivity index (χ2v) is 4.51. The number of amides is 1. The van der Waals surface area contributed by atoms with E-state index in [9.17, 15) is 14.9 Å². The fourth-order valence-electron chi connectivity index (χ4n) is 1.69. The number of carbonyl (C=O) groups excluding carboxylic acids is 1. The van der Waals surface area contributed by atoms with Crippen LogP contribution in [0.4, 0.5) is 11.6 Å². The highest BCUT2D eigenvalue weighted by atomic mass is 32.1. The van der Waals surface area contributed by atoms with Crippen molar-refractivity contribution in [3.05, 3.63) is 34.6 Å². The zero-order valence-corrected chi connectivity index (χ0v) is 11.1. The lowest BCUT2D eigenvalue weighted by Crippen LogP contribution is -2.19. The van der Waals surface area contributed by atoms with Gasteiger partial charge in [0.2, 0.25) is 12.2 Å². The summed E-state index contributed by atoms with van der Waals surface area (Å²) in [4.78, 5) is 25.1. The molecule has 2 heterocycles. The summed E-state index contributed by atoms with van der Waals surface area (Å²) in [6.07, 6.45) is 1.13. The molecule has 0 aliphatic carbocycles. The maximum Gasteiger partial charge on any atom is 0.490 e. The van der Waals surface area contributed by atoms with E-state index in [2.05, 4.69) is 24.1 Å². The molecular formula is C10H7N7O3S. The lowest BCUT2D eigenvalue weighted by Gasteiger charge is -2.03. The summed E-state index contributed by atoms with van der Waals surface area (Å²) in [6, 6.07) is 5.24. The average molecular weight is 305 g/mol. The first-order chi connectivity index (χ1) is 10.1. The molecule has 0 radical (unpaired) electrons. The summed E-state index contributed by atoms with van der Waals surface area (Å²) in [5, 5.41) is 16.7. The minimum atomic E-state index is -0.726. The molecular weight excluding hydrogens is 298 g/mol. The number of nitrogens with one attached hydrogen (secondary N) is 1. The zero-order chi connectivity index (χ0) is 14.8. The van der Waals surface area contributed by atoms with Gasteiger partial charge >= 0.3 is 5.95 Å². The summed E-state index contributed by atoms with van der Waals surface area (Å²) in [7, 11) is 0. The van der Waals surface area contributed by atoms with E-state index < -0.39 is 16.8 Å². The number of hydrogen-bond acceptors (Lipinski definition) is 8. The van der Waals surface area contributed by atoms with Crippen LogP contribution in [-0.4, -0.2) is 34.3 Å². The van der Waals surface area contributed by atoms with Gasteiger partial charge in [-0.1, -0.05) is 11.1 Å². The van der Waals surface area contributed by atoms with Crippen LogP contribution in [0, 0.1) is 10.1 Å². The van der Waals surface area contributed by atoms with Gasteiger partial charge in [0.25, 0.3) is 0 Å². The lowest BCUT2D eigenvalue weighted by molar-refractivity contribution is -0.394. The average Bonchev–Trinajstić information content (AvgIpc) is 3.07. The molecule has 0 saturated carbocycles. The lowest BCUT2D eigenvalue weighted by atomic mass is 10.2. The first-order valence-corrected chi connectivity index (χ1v) is 6.41. The van der Waals surface area contributed by atoms with E-state index in [0.29, 0.717) is 16.7 Å². The highest BCUT2D eigenvalue weighted by molar-refractivity contribution is 7.00. The van der Waals surface area contributed by atoms with E-state index in [0.717, 1.165) is 22.7 Å². The number of carbonyl (C=O) groups is 1. The normalized spacial score (nSPS) is 10.7. The van der Waals surface area contributed by atoms with Crippen LogP contribution in [0.1, 0.15) is 0 Å². The highest BCUT2D eigenvalue weighted by Crippen LogP contribution is 2.20. The predicted molar refractivity (Wildman–Crippen MR) is 72.7 cm³/mol. The third kappa shape index (κ3) is 2.67. The molecule has 3 aromatic rings. The number of fused-ring (bicyclic) bond motifs is 1. The molecule has 106 valence electrons. The van der Waals surface area contributed by atoms with Gasteiger partial charge in [-0.3, -0.25) is 4.79 Å². The number of aromatic nitrogens is 5. The smallest absolute Gasteiger partial charge is 0.390 e. The molecule has 0 aliphatic heterocycles. The molecule has 0 unspecified atom stereocenters. The summed E-state index contributed by atoms with van der Waals surface area (Å²) in [5.74, 6) is -0.941. The number of benzene rings is 1. The molecule has 2 aromatic heterocycles. The van der Waals surface area contributed by atoms with Gasteiger partial charge in [-0.2, -0.15) is 13.4 Å². The highest BCUT2D eigenvalue weighted by Gasteiger charge is 2.16. The van der Waals surface area contributed by atoms with Gasteiger partial charge in [-0.05, 0) is 17.1 Å². The van der Waals surface area contributed by atoms with Crippen LogP contribution in [0.25, 0.3) is 11.0 Å². The maximum absolute atomic E-state index is 11.9. The van der Waals surface area contributed by atoms with Gasteiger partial charge in [-0.15, -0.1) is 0 Å². The first kappa shape index (κ1) is 13.1. The van der Waals surface area contributed by atoms with E-state index in [4.69, 9.17) is 0 Å². The number of nitro groups is 1. The van der Waals surface area contributed by atoms with E-state index in [-0.39, 0.29) is 6.54 Å². The number of hydrogen-bond donors (Lipinski definition) is 1. The Balaban J connectivity index is 1.74. The molecule has 21 heavy (non-hydrogen) atoms. The monoisotopic (exact) mass is 305 g/mol. The third-order valence-corrected chi connectivity index (χ3v) is 3.10. The Morgan fingerprint density at radius 2 is 2.29 bits per heavy atom. The minimum absolute atomic E-state index is 0.186. The van der Waals surface area contributed by atoms with Crippen molar-refractivity contribution >= 4 is 40.3 Å². The molecule has 3 rings (SSSR count). The van der Waals surface area contributed by atoms with Gasteiger partial charge in [0.1, 0.15) is 17.6 Å². The SMILES string of the molecule is O=C(Cn1cnc([N+](=O)[O-])n1)Nc1cccc2nsnc12. The molecule has 1 N–H and O–H groups in total. The molecule has 0 bridgehead atoms. The fraction of sp³-hybridized carbons (Fsp3) is 0.100. The molecule has 10 nitrogen and oxygen atoms in total. The van der Waals surface area contributed by atoms with E-state index in [1.807, 2.05) is 0 Å². The van der Waals surface area contributed by atoms with Crippen molar-refractivity contribution in [2.75, 3.05) is 5.32 Å². The number of rotatable bonds is 4. The molecule has 11 heteroatoms. The minimum Gasteiger partial charge on any atom is -0.390 e. The van der Waals surface area contributed by atoms with Crippen LogP contribution in [-0.2, 0) is 11.3 Å². The van der Waals surface area contributed by atoms with Crippen LogP contribution >= 0.6 is 11.7 Å². The van der Waals surface area contributed by atoms with Crippen molar-refractivity contribution < 1.29 is 9.72 Å². The molecule has 0 saturated heterocycles. The number of anilines is 1. The summed E-state index contributed by atoms with van der Waals surface area (Å²) in [6.45, 7) is -0.186. The van der Waals surface area contributed by atoms with Crippen LogP contribution in [0.2, 0.25) is 0 Å². The summed E-state index contributed by atoms with van der Waals surface area (Å²) >= 11 is 1.05. The summed E-state index contributed by atoms with van der Waals surface area (Å²) < 4.78 is 9.26. The van der Waals surface area contributed by atoms with Crippen molar-refractivity contribution in [1.82, 2.24) is 23.5 Å². The molecule has 0 fully saturated rings. The molecule has 0 atom stereocenters. The quantitative estimate of drug-likeness (QED) is 0.558. The van der Waals surface area contributed by atoms with E-state index >= 15 is 0 Å². The van der Waals surface area contributed by atoms with Crippen LogP contribution < -0.4 is 5.32 Å². The van der Waals surface area contributed by atoms with Crippen LogP contribution in [0.15, 0.2) is 24.5 Å². The predicted octanol–water partition coefficient (Wildman–Crippen LogP) is 0.830. The molecule has 0 spiro atoms. The Kier molecular flexibility index (Phi) is 3.23. The molecule has 1 amide bonds. The standard InChI is InChI=1S/C10H7N7O3S/c18-8(4-16-5-11-10(13-16)17(19)20)12-6-2-1-3-7-9(6)15-21-14-7/h1-3,5H,4H2,(H,12,18). The topological polar surface area (TPSA) is 129 Å². The fourth-order valence-corrected chi connectivity index (χ4v) is 2.24. The Hall–Kier alpha value is -2.95. The van der Waals surface area contributed by atoms with Crippen LogP contribution in [0.3, 0.4) is 0 Å². The maximum atomic E-state index is 11.9. The Morgan fingerprint density at radius 1 is 1.43 bits per heavy atom. The zero-order valence-electron chi connectivity index (χ0n) is 10.3. The Labute approximate surface area is 120 Å². The van der Waals surface area contributed by atoms with Gasteiger partial charge in [0, 0.05) is 5.10 Å². The van der Waals surface area contributed by atoms with Crippen molar-refractivity contribution in [3.63, 3.8) is 0 Å². The van der Waals surface area contributed by atoms with Crippen molar-refractivity contribution in [3.8, 4) is 0 Å². The second-order valence-electron chi connectivity index (χ2n) is 3.98. The Morgan fingerprint density at radius 3 is 3.05 bits per heavy atom. The van der Waals surface area contributed by atoms with Crippen molar-refractivity contribution in [2.24, 2.45) is 0 Å².